The van der Waals surface area contributed by atoms with E-state index in [4.69, 9.17) is 10.6 Å². The van der Waals surface area contributed by atoms with Crippen LogP contribution in [0.1, 0.15) is 176 Å². The summed E-state index contributed by atoms with van der Waals surface area (Å²) in [7, 11) is 14.9. The topological polar surface area (TPSA) is 117 Å². The SMILES string of the molecule is C=C(C(C)C)N1CCC(N(C)C)C1.C=C(C(C)C)N1CCC(N(C)C)CC1.C=C(C(C)C)N1CCC(NC)C1.C=C(C(C)C)N1CCCC(CC)C1.C=C(C(C)C)N1CCN(C)CC1.C=C(C(C)C)N1CCN(N)CC1.C=C(C(C)C)N1CCN(NC)CC1.C=C(C(C)C)N1CCNCC1.C=C(C(C)C)N1CCOCC1. The summed E-state index contributed by atoms with van der Waals surface area (Å²) in [6.07, 6.45) is 9.17. The van der Waals surface area contributed by atoms with Gasteiger partial charge in [0.15, 0.2) is 0 Å². The fraction of sp³-hybridized carbons (Fsp3) is 0.804. The second-order valence-electron chi connectivity index (χ2n) is 35.8. The van der Waals surface area contributed by atoms with Gasteiger partial charge in [-0.2, -0.15) is 0 Å². The van der Waals surface area contributed by atoms with Crippen LogP contribution in [0.5, 0.6) is 0 Å². The Morgan fingerprint density at radius 2 is 0.676 bits per heavy atom. The number of hydrazine groups is 2. The van der Waals surface area contributed by atoms with E-state index in [9.17, 15) is 0 Å². The average molecular weight is 1560 g/mol. The largest absolute Gasteiger partial charge is 0.378 e. The van der Waals surface area contributed by atoms with Crippen molar-refractivity contribution in [3.05, 3.63) is 110 Å². The Morgan fingerprint density at radius 3 is 1.02 bits per heavy atom. The highest BCUT2D eigenvalue weighted by molar-refractivity contribution is 5.06. The molecule has 9 saturated heterocycles. The number of hydrogen-bond donors (Lipinski definition) is 4. The summed E-state index contributed by atoms with van der Waals surface area (Å²) in [4.78, 5) is 28.6. The summed E-state index contributed by atoms with van der Waals surface area (Å²) in [6.45, 7) is 110. The third-order valence-electron chi connectivity index (χ3n) is 24.0. The molecule has 0 saturated carbocycles. The molecule has 9 rings (SSSR count). The van der Waals surface area contributed by atoms with Crippen molar-refractivity contribution in [3.8, 4) is 0 Å². The standard InChI is InChI=1S/C12H24N2.C12H23N.C11H22N2.C10H21N3.2C10H20N2.C9H19N3.C9H18N2.C9H17NO/c1-10(2)11(3)14-8-6-12(7-9-14)13(4)5;1-5-12-7-6-8-13(9-12)11(4)10(2)3;1-9(2)10(3)13-7-6-11(8-13)12(4)5;1-9(2)10(3)12-5-7-13(11-4)8-6-12;1-9(2)10(3)12-7-5-11(4)6-8-12;1-8(2)9(3)12-6-5-10(7-12)11-4;1-8(2)9(3)11-4-6-12(10)7-5-11;1-8(2)9(3)11-6-4-10-5-7-11;1-8(2)9(3)10-4-6-11-7-5-10/h10,12H,3,6-9H2,1-2,4-5H3;10,12H,4-9H2,1-3H3;9,11H,3,6-8H2,1-2,4-5H3;9,11H,3,5-8H2,1-2,4H3;9H,3,5-8H2,1-2,4H3;8,10-11H,3,5-7H2,1-2,4H3;8H,3-7,10H2,1-2H3;8,10H,3-7H2,1-2H3;8H,3-7H2,1-2H3. The van der Waals surface area contributed by atoms with E-state index in [1.807, 2.05) is 19.1 Å². The van der Waals surface area contributed by atoms with E-state index in [1.54, 1.807) is 0 Å². The maximum absolute atomic E-state index is 5.65. The Hall–Kier alpha value is -4.54. The van der Waals surface area contributed by atoms with Gasteiger partial charge < -0.3 is 74.2 Å². The van der Waals surface area contributed by atoms with Gasteiger partial charge in [0.05, 0.1) is 13.2 Å². The van der Waals surface area contributed by atoms with Crippen LogP contribution in [-0.2, 0) is 4.74 Å². The van der Waals surface area contributed by atoms with Crippen molar-refractivity contribution in [2.75, 3.05) is 233 Å². The number of allylic oxidation sites excluding steroid dienone is 9. The van der Waals surface area contributed by atoms with Gasteiger partial charge in [-0.3, -0.25) is 11.3 Å². The number of piperidine rings is 2. The Balaban J connectivity index is 0.000000625. The van der Waals surface area contributed by atoms with Crippen LogP contribution < -0.4 is 21.9 Å². The molecule has 5 N–H and O–H groups in total. The highest BCUT2D eigenvalue weighted by atomic mass is 16.5. The molecule has 3 unspecified atom stereocenters. The van der Waals surface area contributed by atoms with Crippen molar-refractivity contribution in [2.24, 2.45) is 65.0 Å². The summed E-state index contributed by atoms with van der Waals surface area (Å²) in [6, 6.07) is 2.15. The summed E-state index contributed by atoms with van der Waals surface area (Å²) >= 11 is 0. The van der Waals surface area contributed by atoms with Crippen molar-refractivity contribution in [3.63, 3.8) is 0 Å². The molecule has 0 bridgehead atoms. The lowest BCUT2D eigenvalue weighted by Gasteiger charge is -2.38. The van der Waals surface area contributed by atoms with Crippen LogP contribution >= 0.6 is 0 Å². The number of nitrogens with two attached hydrogens (primary N) is 1. The van der Waals surface area contributed by atoms with Crippen molar-refractivity contribution in [1.29, 1.82) is 0 Å². The molecular weight excluding hydrogens is 1370 g/mol. The maximum Gasteiger partial charge on any atom is 0.0642 e. The molecule has 19 nitrogen and oxygen atoms in total. The molecule has 0 aliphatic carbocycles. The number of nitrogens with zero attached hydrogens (tertiary/aromatic N) is 14. The molecule has 9 heterocycles. The van der Waals surface area contributed by atoms with E-state index >= 15 is 0 Å². The van der Waals surface area contributed by atoms with Gasteiger partial charge in [0.1, 0.15) is 0 Å². The number of likely N-dealkylation sites (tertiary alicyclic amines) is 4. The second-order valence-corrected chi connectivity index (χ2v) is 35.8. The fourth-order valence-corrected chi connectivity index (χ4v) is 14.4. The Kier molecular flexibility index (Phi) is 53.4. The van der Waals surface area contributed by atoms with Crippen LogP contribution in [0.25, 0.3) is 0 Å². The quantitative estimate of drug-likeness (QED) is 0.0727. The molecule has 3 atom stereocenters. The molecule has 0 aromatic rings. The number of rotatable bonds is 23. The molecule has 0 aromatic heterocycles. The van der Waals surface area contributed by atoms with Gasteiger partial charge in [-0.05, 0) is 147 Å². The molecular formula is C92H184N18O. The molecule has 9 aliphatic heterocycles. The highest BCUT2D eigenvalue weighted by Crippen LogP contribution is 2.27. The van der Waals surface area contributed by atoms with Crippen LogP contribution in [0.4, 0.5) is 0 Å². The van der Waals surface area contributed by atoms with Crippen LogP contribution in [-0.4, -0.2) is 320 Å². The average Bonchev–Trinajstić information content (AvgIpc) is 1.76. The zero-order valence-corrected chi connectivity index (χ0v) is 77.9. The van der Waals surface area contributed by atoms with Gasteiger partial charge in [-0.25, -0.2) is 10.0 Å². The van der Waals surface area contributed by atoms with Gasteiger partial charge in [0, 0.05) is 240 Å². The maximum atomic E-state index is 5.65. The van der Waals surface area contributed by atoms with Crippen LogP contribution in [0, 0.1) is 59.2 Å². The van der Waals surface area contributed by atoms with E-state index in [0.29, 0.717) is 59.3 Å². The highest BCUT2D eigenvalue weighted by Gasteiger charge is 2.28. The van der Waals surface area contributed by atoms with Gasteiger partial charge >= 0.3 is 0 Å². The summed E-state index contributed by atoms with van der Waals surface area (Å²) in [5.41, 5.74) is 14.7. The lowest BCUT2D eigenvalue weighted by Crippen LogP contribution is -2.50. The van der Waals surface area contributed by atoms with Crippen LogP contribution in [0.3, 0.4) is 0 Å². The minimum atomic E-state index is 0.550. The van der Waals surface area contributed by atoms with Gasteiger partial charge in [0.25, 0.3) is 0 Å². The molecule has 111 heavy (non-hydrogen) atoms. The van der Waals surface area contributed by atoms with Gasteiger partial charge in [-0.1, -0.05) is 197 Å². The molecule has 9 fully saturated rings. The van der Waals surface area contributed by atoms with Crippen LogP contribution in [0.15, 0.2) is 110 Å². The molecule has 0 spiro atoms. The molecule has 9 aliphatic rings. The third kappa shape index (κ3) is 41.2. The normalized spacial score (nSPS) is 20.9. The first-order valence-electron chi connectivity index (χ1n) is 44.0. The summed E-state index contributed by atoms with van der Waals surface area (Å²) in [5, 5.41) is 10.7. The predicted molar refractivity (Wildman–Crippen MR) is 487 cm³/mol. The lowest BCUT2D eigenvalue weighted by molar-refractivity contribution is 0.0499. The number of morpholine rings is 1. The van der Waals surface area contributed by atoms with Crippen LogP contribution in [0.2, 0.25) is 0 Å². The Bertz CT molecular complexity index is 2470. The van der Waals surface area contributed by atoms with E-state index in [2.05, 4.69) is 306 Å². The first-order chi connectivity index (χ1) is 52.1. The smallest absolute Gasteiger partial charge is 0.0642 e. The lowest BCUT2D eigenvalue weighted by atomic mass is 9.94. The van der Waals surface area contributed by atoms with Crippen molar-refractivity contribution in [1.82, 2.24) is 84.9 Å². The molecule has 0 aromatic carbocycles. The number of likely N-dealkylation sites (N-methyl/N-ethyl adjacent to an activating group) is 3. The van der Waals surface area contributed by atoms with Crippen molar-refractivity contribution < 1.29 is 4.74 Å². The zero-order valence-electron chi connectivity index (χ0n) is 77.9. The number of nitrogens with one attached hydrogen (secondary N) is 3. The molecule has 19 heteroatoms. The molecule has 0 radical (unpaired) electrons. The first kappa shape index (κ1) is 104. The minimum absolute atomic E-state index is 0.550. The van der Waals surface area contributed by atoms with Gasteiger partial charge in [0.2, 0.25) is 0 Å². The second kappa shape index (κ2) is 56.7. The predicted octanol–water partition coefficient (Wildman–Crippen LogP) is 14.2. The number of hydrogen-bond acceptors (Lipinski definition) is 19. The number of ether oxygens (including phenoxy) is 1. The van der Waals surface area contributed by atoms with Gasteiger partial charge in [-0.15, -0.1) is 0 Å². The van der Waals surface area contributed by atoms with E-state index in [1.165, 1.54) is 149 Å². The van der Waals surface area contributed by atoms with E-state index < -0.39 is 0 Å². The Labute approximate surface area is 688 Å². The van der Waals surface area contributed by atoms with Crippen molar-refractivity contribution >= 4 is 0 Å². The number of piperazine rings is 4. The minimum Gasteiger partial charge on any atom is -0.378 e. The van der Waals surface area contributed by atoms with Crippen molar-refractivity contribution in [2.45, 2.75) is 195 Å². The first-order valence-corrected chi connectivity index (χ1v) is 44.0. The summed E-state index contributed by atoms with van der Waals surface area (Å²) in [5.74, 6) is 11.8. The zero-order chi connectivity index (χ0) is 84.4. The fourth-order valence-electron chi connectivity index (χ4n) is 14.4. The monoisotopic (exact) mass is 1560 g/mol. The molecule has 0 amide bonds. The third-order valence-corrected chi connectivity index (χ3v) is 24.0. The van der Waals surface area contributed by atoms with E-state index in [-0.39, 0.29) is 0 Å². The van der Waals surface area contributed by atoms with E-state index in [0.717, 1.165) is 149 Å². The molecule has 648 valence electrons. The summed E-state index contributed by atoms with van der Waals surface area (Å²) < 4.78 is 5.25. The Morgan fingerprint density at radius 1 is 0.369 bits per heavy atom.